The van der Waals surface area contributed by atoms with Gasteiger partial charge in [-0.1, -0.05) is 38.5 Å². The topological polar surface area (TPSA) is 231 Å². The van der Waals surface area contributed by atoms with Gasteiger partial charge in [-0.3, -0.25) is 19.2 Å². The quantitative estimate of drug-likeness (QED) is 0.0385. The highest BCUT2D eigenvalue weighted by Gasteiger charge is 2.27. The van der Waals surface area contributed by atoms with Crippen LogP contribution in [0.3, 0.4) is 0 Å². The second-order valence-electron chi connectivity index (χ2n) is 16.2. The molecule has 0 fully saturated rings. The molecule has 18 heteroatoms. The molecule has 3 amide bonds. The van der Waals surface area contributed by atoms with Crippen molar-refractivity contribution >= 4 is 53.2 Å². The first-order valence-electron chi connectivity index (χ1n) is 21.3. The minimum absolute atomic E-state index is 0.00348. The molecule has 0 bridgehead atoms. The molecule has 0 aliphatic rings. The molecule has 60 heavy (non-hydrogen) atoms. The van der Waals surface area contributed by atoms with Crippen molar-refractivity contribution in [2.24, 2.45) is 0 Å². The second-order valence-corrected chi connectivity index (χ2v) is 17.4. The normalized spacial score (nSPS) is 12.0. The van der Waals surface area contributed by atoms with Crippen molar-refractivity contribution in [2.45, 2.75) is 149 Å². The van der Waals surface area contributed by atoms with Crippen LogP contribution in [-0.4, -0.2) is 141 Å². The van der Waals surface area contributed by atoms with Crippen LogP contribution in [0.15, 0.2) is 0 Å². The maximum absolute atomic E-state index is 12.9. The summed E-state index contributed by atoms with van der Waals surface area (Å²) in [6, 6.07) is -0.948. The van der Waals surface area contributed by atoms with Crippen LogP contribution in [0.5, 0.6) is 0 Å². The van der Waals surface area contributed by atoms with E-state index in [-0.39, 0.29) is 109 Å². The lowest BCUT2D eigenvalue weighted by molar-refractivity contribution is -0.162. The standard InChI is InChI=1S/C42H75N3O14S/c1-41(2,3)58-39(52)33(19-20-35(47)43-21-23-54-25-27-56-31-37(49)44-22-24-55-26-28-57-32-38(50)51)45-36(48)18-14-10-8-12-16-30-60-29-15-11-7-9-13-17-34(46)40(53)59-42(4,5)6/h33H,7-32H2,1-6H3,(H,43,47)(H,44,49)(H,45,48)(H,50,51). The summed E-state index contributed by atoms with van der Waals surface area (Å²) in [6.07, 6.45) is 10.4. The molecule has 0 rings (SSSR count). The number of rotatable bonds is 38. The minimum Gasteiger partial charge on any atom is -0.480 e. The van der Waals surface area contributed by atoms with Crippen molar-refractivity contribution in [3.8, 4) is 0 Å². The van der Waals surface area contributed by atoms with Gasteiger partial charge in [-0.15, -0.1) is 0 Å². The molecule has 0 aromatic carbocycles. The molecule has 0 radical (unpaired) electrons. The van der Waals surface area contributed by atoms with Gasteiger partial charge in [-0.25, -0.2) is 14.4 Å². The van der Waals surface area contributed by atoms with Gasteiger partial charge in [-0.05, 0) is 85.2 Å². The zero-order valence-electron chi connectivity index (χ0n) is 37.1. The summed E-state index contributed by atoms with van der Waals surface area (Å²) in [5.74, 6) is -1.50. The van der Waals surface area contributed by atoms with E-state index in [4.69, 9.17) is 33.5 Å². The maximum atomic E-state index is 12.9. The fraction of sp³-hybridized carbons (Fsp3) is 0.833. The van der Waals surface area contributed by atoms with Crippen molar-refractivity contribution in [1.29, 1.82) is 0 Å². The predicted molar refractivity (Wildman–Crippen MR) is 228 cm³/mol. The number of amides is 3. The van der Waals surface area contributed by atoms with E-state index in [2.05, 4.69) is 16.0 Å². The van der Waals surface area contributed by atoms with E-state index in [1.54, 1.807) is 41.5 Å². The largest absolute Gasteiger partial charge is 0.480 e. The third-order valence-electron chi connectivity index (χ3n) is 8.04. The number of carbonyl (C=O) groups excluding carboxylic acids is 6. The van der Waals surface area contributed by atoms with Gasteiger partial charge in [0.25, 0.3) is 0 Å². The zero-order chi connectivity index (χ0) is 45.1. The lowest BCUT2D eigenvalue weighted by Crippen LogP contribution is -2.44. The lowest BCUT2D eigenvalue weighted by atomic mass is 10.1. The number of aliphatic carboxylic acids is 1. The van der Waals surface area contributed by atoms with Crippen LogP contribution in [0, 0.1) is 0 Å². The lowest BCUT2D eigenvalue weighted by Gasteiger charge is -2.24. The molecule has 1 unspecified atom stereocenters. The highest BCUT2D eigenvalue weighted by molar-refractivity contribution is 7.99. The molecule has 4 N–H and O–H groups in total. The van der Waals surface area contributed by atoms with Crippen molar-refractivity contribution in [3.63, 3.8) is 0 Å². The van der Waals surface area contributed by atoms with Crippen LogP contribution in [0.25, 0.3) is 0 Å². The van der Waals surface area contributed by atoms with Gasteiger partial charge < -0.3 is 49.5 Å². The van der Waals surface area contributed by atoms with Crippen LogP contribution in [0.2, 0.25) is 0 Å². The van der Waals surface area contributed by atoms with Crippen molar-refractivity contribution in [3.05, 3.63) is 0 Å². The first-order valence-corrected chi connectivity index (χ1v) is 22.5. The van der Waals surface area contributed by atoms with E-state index < -0.39 is 40.9 Å². The molecule has 0 spiro atoms. The van der Waals surface area contributed by atoms with E-state index in [0.29, 0.717) is 12.8 Å². The number of Topliss-reactive ketones (excluding diaryl/α,β-unsaturated/α-hetero) is 1. The van der Waals surface area contributed by atoms with E-state index in [9.17, 15) is 33.6 Å². The molecule has 1 atom stereocenters. The van der Waals surface area contributed by atoms with Gasteiger partial charge in [0.2, 0.25) is 23.5 Å². The number of ketones is 1. The third kappa shape index (κ3) is 38.9. The van der Waals surface area contributed by atoms with Crippen molar-refractivity contribution in [2.75, 3.05) is 77.5 Å². The first kappa shape index (κ1) is 56.7. The Labute approximate surface area is 361 Å². The molecule has 0 aliphatic carbocycles. The van der Waals surface area contributed by atoms with Crippen LogP contribution < -0.4 is 16.0 Å². The number of esters is 2. The Hall–Kier alpha value is -3.32. The summed E-state index contributed by atoms with van der Waals surface area (Å²) in [6.45, 7) is 11.6. The van der Waals surface area contributed by atoms with Gasteiger partial charge in [0.1, 0.15) is 30.5 Å². The monoisotopic (exact) mass is 877 g/mol. The summed E-state index contributed by atoms with van der Waals surface area (Å²) >= 11 is 1.95. The second kappa shape index (κ2) is 35.3. The van der Waals surface area contributed by atoms with Gasteiger partial charge in [-0.2, -0.15) is 11.8 Å². The molecular formula is C42H75N3O14S. The van der Waals surface area contributed by atoms with Crippen LogP contribution in [-0.2, 0) is 62.0 Å². The molecule has 17 nitrogen and oxygen atoms in total. The molecule has 0 aromatic heterocycles. The fourth-order valence-corrected chi connectivity index (χ4v) is 6.19. The van der Waals surface area contributed by atoms with Crippen LogP contribution in [0.4, 0.5) is 0 Å². The Bertz CT molecular complexity index is 1240. The number of thioether (sulfide) groups is 1. The number of carboxylic acids is 1. The molecule has 0 heterocycles. The number of unbranched alkanes of at least 4 members (excludes halogenated alkanes) is 8. The van der Waals surface area contributed by atoms with E-state index in [1.165, 1.54) is 0 Å². The SMILES string of the molecule is CC(C)(C)OC(=O)C(=O)CCCCCCCSCCCCCCCC(=O)NC(CCC(=O)NCCOCCOCC(=O)NCCOCCOCC(=O)O)C(=O)OC(C)(C)C. The van der Waals surface area contributed by atoms with Gasteiger partial charge in [0.15, 0.2) is 0 Å². The molecule has 0 aliphatic heterocycles. The Kier molecular flexibility index (Phi) is 33.3. The zero-order valence-corrected chi connectivity index (χ0v) is 37.9. The average molecular weight is 878 g/mol. The van der Waals surface area contributed by atoms with E-state index in [1.807, 2.05) is 11.8 Å². The summed E-state index contributed by atoms with van der Waals surface area (Å²) < 4.78 is 31.3. The molecular weight excluding hydrogens is 803 g/mol. The van der Waals surface area contributed by atoms with Crippen molar-refractivity contribution < 1.29 is 67.1 Å². The Morgan fingerprint density at radius 2 is 1.02 bits per heavy atom. The molecule has 348 valence electrons. The summed E-state index contributed by atoms with van der Waals surface area (Å²) in [5, 5.41) is 16.6. The molecule has 0 saturated heterocycles. The summed E-state index contributed by atoms with van der Waals surface area (Å²) in [4.78, 5) is 83.8. The Morgan fingerprint density at radius 1 is 0.533 bits per heavy atom. The highest BCUT2D eigenvalue weighted by atomic mass is 32.2. The number of ether oxygens (including phenoxy) is 6. The summed E-state index contributed by atoms with van der Waals surface area (Å²) in [5.41, 5.74) is -1.40. The van der Waals surface area contributed by atoms with E-state index >= 15 is 0 Å². The molecule has 0 saturated carbocycles. The van der Waals surface area contributed by atoms with Crippen LogP contribution >= 0.6 is 11.8 Å². The number of carboxylic acid groups (broad SMARTS) is 1. The number of nitrogens with one attached hydrogen (secondary N) is 3. The summed E-state index contributed by atoms with van der Waals surface area (Å²) in [7, 11) is 0. The number of hydrogen-bond acceptors (Lipinski definition) is 14. The van der Waals surface area contributed by atoms with Gasteiger partial charge in [0.05, 0.1) is 39.6 Å². The predicted octanol–water partition coefficient (Wildman–Crippen LogP) is 4.30. The van der Waals surface area contributed by atoms with Crippen molar-refractivity contribution in [1.82, 2.24) is 16.0 Å². The molecule has 0 aromatic rings. The Balaban J connectivity index is 4.03. The maximum Gasteiger partial charge on any atom is 0.375 e. The number of hydrogen-bond donors (Lipinski definition) is 4. The number of carbonyl (C=O) groups is 7. The van der Waals surface area contributed by atoms with Crippen LogP contribution in [0.1, 0.15) is 131 Å². The van der Waals surface area contributed by atoms with Gasteiger partial charge in [0, 0.05) is 32.4 Å². The minimum atomic E-state index is -1.05. The fourth-order valence-electron chi connectivity index (χ4n) is 5.17. The highest BCUT2D eigenvalue weighted by Crippen LogP contribution is 2.15. The smallest absolute Gasteiger partial charge is 0.375 e. The van der Waals surface area contributed by atoms with Gasteiger partial charge >= 0.3 is 17.9 Å². The van der Waals surface area contributed by atoms with E-state index in [0.717, 1.165) is 62.9 Å². The average Bonchev–Trinajstić information content (AvgIpc) is 3.15. The first-order chi connectivity index (χ1) is 28.4. The Morgan fingerprint density at radius 3 is 1.57 bits per heavy atom. The third-order valence-corrected chi connectivity index (χ3v) is 9.19.